The van der Waals surface area contributed by atoms with Gasteiger partial charge in [0.05, 0.1) is 5.56 Å². The molecule has 3 aromatic rings. The van der Waals surface area contributed by atoms with E-state index in [1.54, 1.807) is 12.4 Å². The molecule has 3 aromatic heterocycles. The molecule has 1 aliphatic rings. The molecule has 0 bridgehead atoms. The lowest BCUT2D eigenvalue weighted by molar-refractivity contribution is 0.179. The molecule has 0 saturated heterocycles. The summed E-state index contributed by atoms with van der Waals surface area (Å²) in [6.07, 6.45) is 8.14. The molecule has 0 radical (unpaired) electrons. The topological polar surface area (TPSA) is 114 Å². The van der Waals surface area contributed by atoms with E-state index in [0.717, 1.165) is 42.0 Å². The molecule has 0 saturated carbocycles. The molecule has 2 N–H and O–H groups in total. The van der Waals surface area contributed by atoms with E-state index in [0.29, 0.717) is 42.3 Å². The van der Waals surface area contributed by atoms with Gasteiger partial charge in [-0.25, -0.2) is 19.9 Å². The fraction of sp³-hybridized carbons (Fsp3) is 0.478. The predicted octanol–water partition coefficient (Wildman–Crippen LogP) is 3.84. The highest BCUT2D eigenvalue weighted by atomic mass is 16.5. The van der Waals surface area contributed by atoms with E-state index in [1.807, 2.05) is 18.4 Å². The van der Waals surface area contributed by atoms with E-state index in [-0.39, 0.29) is 6.10 Å². The summed E-state index contributed by atoms with van der Waals surface area (Å²) in [5.41, 5.74) is 5.10. The molecule has 32 heavy (non-hydrogen) atoms. The SMILES string of the molecule is CCNC1=C(C(=N)CC)CC(Oc2ncnc3c2nc(-c2cnc(C)nc2)n3CC)CC1. The maximum absolute atomic E-state index is 8.40. The third-order valence-electron chi connectivity index (χ3n) is 5.75. The Kier molecular flexibility index (Phi) is 6.43. The van der Waals surface area contributed by atoms with Gasteiger partial charge < -0.3 is 20.0 Å². The third-order valence-corrected chi connectivity index (χ3v) is 5.75. The number of allylic oxidation sites excluding steroid dienone is 1. The lowest BCUT2D eigenvalue weighted by Gasteiger charge is -2.28. The van der Waals surface area contributed by atoms with Gasteiger partial charge in [-0.3, -0.25) is 0 Å². The van der Waals surface area contributed by atoms with Crippen LogP contribution in [0, 0.1) is 12.3 Å². The number of nitrogens with zero attached hydrogens (tertiary/aromatic N) is 6. The molecular formula is C23H30N8O. The van der Waals surface area contributed by atoms with Crippen LogP contribution in [0.4, 0.5) is 0 Å². The molecule has 0 aliphatic heterocycles. The zero-order valence-electron chi connectivity index (χ0n) is 19.1. The highest BCUT2D eigenvalue weighted by Crippen LogP contribution is 2.32. The highest BCUT2D eigenvalue weighted by molar-refractivity contribution is 5.98. The molecule has 1 unspecified atom stereocenters. The number of fused-ring (bicyclic) bond motifs is 1. The Bertz CT molecular complexity index is 1150. The largest absolute Gasteiger partial charge is 0.472 e. The molecule has 1 atom stereocenters. The number of rotatable bonds is 8. The first kappa shape index (κ1) is 21.9. The van der Waals surface area contributed by atoms with Crippen LogP contribution in [-0.4, -0.2) is 47.8 Å². The Balaban J connectivity index is 1.67. The quantitative estimate of drug-likeness (QED) is 0.518. The molecule has 168 valence electrons. The number of imidazole rings is 1. The standard InChI is InChI=1S/C23H30N8O/c1-5-18(24)17-10-16(8-9-19(17)25-6-2)32-23-20-22(28-13-29-23)31(7-3)21(30-20)15-11-26-14(4)27-12-15/h11-13,16,24-25H,5-10H2,1-4H3. The number of hydrogen-bond donors (Lipinski definition) is 2. The highest BCUT2D eigenvalue weighted by Gasteiger charge is 2.26. The normalized spacial score (nSPS) is 16.4. The molecule has 3 heterocycles. The van der Waals surface area contributed by atoms with Crippen LogP contribution in [0.15, 0.2) is 30.0 Å². The van der Waals surface area contributed by atoms with Crippen LogP contribution in [0.2, 0.25) is 0 Å². The van der Waals surface area contributed by atoms with Crippen LogP contribution in [0.25, 0.3) is 22.6 Å². The van der Waals surface area contributed by atoms with Crippen molar-refractivity contribution in [2.75, 3.05) is 6.54 Å². The first-order valence-corrected chi connectivity index (χ1v) is 11.3. The van der Waals surface area contributed by atoms with Gasteiger partial charge >= 0.3 is 0 Å². The lowest BCUT2D eigenvalue weighted by Crippen LogP contribution is -2.29. The van der Waals surface area contributed by atoms with E-state index >= 15 is 0 Å². The van der Waals surface area contributed by atoms with Crippen molar-refractivity contribution in [1.29, 1.82) is 5.41 Å². The summed E-state index contributed by atoms with van der Waals surface area (Å²) < 4.78 is 8.40. The van der Waals surface area contributed by atoms with Gasteiger partial charge in [-0.05, 0) is 45.6 Å². The van der Waals surface area contributed by atoms with Gasteiger partial charge in [0.15, 0.2) is 11.2 Å². The van der Waals surface area contributed by atoms with Gasteiger partial charge in [-0.15, -0.1) is 0 Å². The van der Waals surface area contributed by atoms with Crippen molar-refractivity contribution in [1.82, 2.24) is 34.8 Å². The first-order valence-electron chi connectivity index (χ1n) is 11.3. The molecule has 1 aliphatic carbocycles. The maximum atomic E-state index is 8.40. The summed E-state index contributed by atoms with van der Waals surface area (Å²) in [6, 6.07) is 0. The van der Waals surface area contributed by atoms with Crippen LogP contribution < -0.4 is 10.1 Å². The van der Waals surface area contributed by atoms with Gasteiger partial charge in [-0.1, -0.05) is 6.92 Å². The van der Waals surface area contributed by atoms with Crippen LogP contribution >= 0.6 is 0 Å². The zero-order chi connectivity index (χ0) is 22.7. The van der Waals surface area contributed by atoms with Crippen LogP contribution in [0.1, 0.15) is 52.3 Å². The molecule has 0 amide bonds. The van der Waals surface area contributed by atoms with Gasteiger partial charge in [0.25, 0.3) is 0 Å². The molecular weight excluding hydrogens is 404 g/mol. The Labute approximate surface area is 187 Å². The van der Waals surface area contributed by atoms with E-state index in [9.17, 15) is 0 Å². The minimum absolute atomic E-state index is 0.0599. The minimum Gasteiger partial charge on any atom is -0.472 e. The van der Waals surface area contributed by atoms with Gasteiger partial charge in [0.2, 0.25) is 5.88 Å². The smallest absolute Gasteiger partial charge is 0.245 e. The van der Waals surface area contributed by atoms with Crippen molar-refractivity contribution in [2.45, 2.75) is 66.0 Å². The molecule has 9 heteroatoms. The second kappa shape index (κ2) is 9.42. The molecule has 0 aromatic carbocycles. The van der Waals surface area contributed by atoms with Gasteiger partial charge in [0, 0.05) is 43.3 Å². The number of hydrogen-bond acceptors (Lipinski definition) is 8. The van der Waals surface area contributed by atoms with Crippen LogP contribution in [-0.2, 0) is 6.54 Å². The maximum Gasteiger partial charge on any atom is 0.245 e. The van der Waals surface area contributed by atoms with Crippen molar-refractivity contribution in [3.63, 3.8) is 0 Å². The second-order valence-electron chi connectivity index (χ2n) is 7.85. The monoisotopic (exact) mass is 434 g/mol. The average Bonchev–Trinajstić information content (AvgIpc) is 3.20. The minimum atomic E-state index is -0.0599. The molecule has 0 spiro atoms. The molecule has 0 fully saturated rings. The summed E-state index contributed by atoms with van der Waals surface area (Å²) in [5.74, 6) is 1.95. The summed E-state index contributed by atoms with van der Waals surface area (Å²) in [4.78, 5) is 22.3. The van der Waals surface area contributed by atoms with Crippen molar-refractivity contribution in [3.8, 4) is 17.3 Å². The Morgan fingerprint density at radius 1 is 1.19 bits per heavy atom. The van der Waals surface area contributed by atoms with Crippen molar-refractivity contribution < 1.29 is 4.74 Å². The zero-order valence-corrected chi connectivity index (χ0v) is 19.1. The van der Waals surface area contributed by atoms with E-state index in [4.69, 9.17) is 15.1 Å². The van der Waals surface area contributed by atoms with Crippen molar-refractivity contribution >= 4 is 16.9 Å². The first-order chi connectivity index (χ1) is 15.5. The van der Waals surface area contributed by atoms with Crippen molar-refractivity contribution in [3.05, 3.63) is 35.8 Å². The number of nitrogens with one attached hydrogen (secondary N) is 2. The summed E-state index contributed by atoms with van der Waals surface area (Å²) >= 11 is 0. The Morgan fingerprint density at radius 3 is 2.66 bits per heavy atom. The van der Waals surface area contributed by atoms with Crippen molar-refractivity contribution in [2.24, 2.45) is 0 Å². The third kappa shape index (κ3) is 4.19. The van der Waals surface area contributed by atoms with Gasteiger partial charge in [0.1, 0.15) is 24.1 Å². The second-order valence-corrected chi connectivity index (χ2v) is 7.85. The van der Waals surface area contributed by atoms with E-state index in [2.05, 4.69) is 39.1 Å². The Hall–Kier alpha value is -3.36. The predicted molar refractivity (Wildman–Crippen MR) is 124 cm³/mol. The fourth-order valence-electron chi connectivity index (χ4n) is 4.12. The van der Waals surface area contributed by atoms with Crippen LogP contribution in [0.3, 0.4) is 0 Å². The van der Waals surface area contributed by atoms with Crippen LogP contribution in [0.5, 0.6) is 5.88 Å². The number of aromatic nitrogens is 6. The summed E-state index contributed by atoms with van der Waals surface area (Å²) in [5, 5.41) is 11.8. The summed E-state index contributed by atoms with van der Waals surface area (Å²) in [6.45, 7) is 9.57. The lowest BCUT2D eigenvalue weighted by atomic mass is 9.89. The number of ether oxygens (including phenoxy) is 1. The molecule has 4 rings (SSSR count). The Morgan fingerprint density at radius 2 is 1.97 bits per heavy atom. The number of aryl methyl sites for hydroxylation is 2. The van der Waals surface area contributed by atoms with E-state index in [1.165, 1.54) is 12.0 Å². The summed E-state index contributed by atoms with van der Waals surface area (Å²) in [7, 11) is 0. The average molecular weight is 435 g/mol. The van der Waals surface area contributed by atoms with Gasteiger partial charge in [-0.2, -0.15) is 4.98 Å². The molecule has 9 nitrogen and oxygen atoms in total. The van der Waals surface area contributed by atoms with E-state index < -0.39 is 0 Å². The fourth-order valence-corrected chi connectivity index (χ4v) is 4.12.